The van der Waals surface area contributed by atoms with Crippen molar-refractivity contribution in [2.24, 2.45) is 0 Å². The molecule has 2 bridgehead atoms. The third kappa shape index (κ3) is 2.51. The predicted octanol–water partition coefficient (Wildman–Crippen LogP) is 3.49. The second-order valence-electron chi connectivity index (χ2n) is 7.23. The molecule has 128 valence electrons. The molecule has 0 amide bonds. The van der Waals surface area contributed by atoms with Gasteiger partial charge in [-0.05, 0) is 53.7 Å². The van der Waals surface area contributed by atoms with Crippen LogP contribution in [0.5, 0.6) is 0 Å². The Bertz CT molecular complexity index is 924. The predicted molar refractivity (Wildman–Crippen MR) is 100 cm³/mol. The summed E-state index contributed by atoms with van der Waals surface area (Å²) in [4.78, 5) is 12.2. The first kappa shape index (κ1) is 15.5. The first-order valence-electron chi connectivity index (χ1n) is 8.69. The Balaban J connectivity index is 1.52. The lowest BCUT2D eigenvalue weighted by Crippen LogP contribution is -2.46. The Labute approximate surface area is 154 Å². The van der Waals surface area contributed by atoms with Gasteiger partial charge in [0.1, 0.15) is 5.65 Å². The Morgan fingerprint density at radius 3 is 2.64 bits per heavy atom. The van der Waals surface area contributed by atoms with Crippen LogP contribution in [0.3, 0.4) is 0 Å². The van der Waals surface area contributed by atoms with Crippen LogP contribution in [0.4, 0.5) is 0 Å². The van der Waals surface area contributed by atoms with Crippen molar-refractivity contribution in [3.05, 3.63) is 46.8 Å². The molecule has 5 heterocycles. The highest BCUT2D eigenvalue weighted by Crippen LogP contribution is 2.41. The van der Waals surface area contributed by atoms with Crippen molar-refractivity contribution in [1.82, 2.24) is 20.3 Å². The molecule has 2 fully saturated rings. The first-order chi connectivity index (χ1) is 12.1. The van der Waals surface area contributed by atoms with E-state index >= 15 is 0 Å². The maximum Gasteiger partial charge on any atom is 0.139 e. The summed E-state index contributed by atoms with van der Waals surface area (Å²) in [6, 6.07) is 6.87. The van der Waals surface area contributed by atoms with Gasteiger partial charge in [0.05, 0.1) is 11.3 Å². The minimum absolute atomic E-state index is 0.430. The van der Waals surface area contributed by atoms with Crippen LogP contribution in [0.15, 0.2) is 41.3 Å². The average Bonchev–Trinajstić information content (AvgIpc) is 3.18. The van der Waals surface area contributed by atoms with E-state index in [2.05, 4.69) is 36.2 Å². The van der Waals surface area contributed by atoms with Crippen LogP contribution in [-0.4, -0.2) is 32.1 Å². The summed E-state index contributed by atoms with van der Waals surface area (Å²) in [6.07, 6.45) is 9.38. The van der Waals surface area contributed by atoms with Crippen LogP contribution in [-0.2, 0) is 5.60 Å². The fourth-order valence-corrected chi connectivity index (χ4v) is 4.93. The van der Waals surface area contributed by atoms with Gasteiger partial charge in [-0.25, -0.2) is 4.98 Å². The molecule has 3 aromatic heterocycles. The van der Waals surface area contributed by atoms with Crippen molar-refractivity contribution >= 4 is 27.0 Å². The van der Waals surface area contributed by atoms with Gasteiger partial charge in [-0.2, -0.15) is 0 Å². The minimum Gasteiger partial charge on any atom is -0.385 e. The van der Waals surface area contributed by atoms with Crippen LogP contribution in [0.2, 0.25) is 0 Å². The number of hydrogen-bond acceptors (Lipinski definition) is 4. The number of nitrogens with zero attached hydrogens (tertiary/aromatic N) is 2. The lowest BCUT2D eigenvalue weighted by atomic mass is 9.82. The molecule has 6 heteroatoms. The smallest absolute Gasteiger partial charge is 0.139 e. The Morgan fingerprint density at radius 1 is 1.12 bits per heavy atom. The fraction of sp³-hybridized carbons (Fsp3) is 0.368. The molecule has 2 aliphatic rings. The van der Waals surface area contributed by atoms with Crippen molar-refractivity contribution in [3.63, 3.8) is 0 Å². The maximum atomic E-state index is 11.2. The number of H-pyrrole nitrogens is 1. The Hall–Kier alpha value is -1.76. The number of aromatic amines is 1. The van der Waals surface area contributed by atoms with Gasteiger partial charge < -0.3 is 15.4 Å². The summed E-state index contributed by atoms with van der Waals surface area (Å²) in [7, 11) is 0. The highest BCUT2D eigenvalue weighted by atomic mass is 79.9. The third-order valence-electron chi connectivity index (χ3n) is 5.61. The molecule has 0 aromatic carbocycles. The van der Waals surface area contributed by atoms with Gasteiger partial charge in [0, 0.05) is 51.7 Å². The fourth-order valence-electron chi connectivity index (χ4n) is 4.42. The lowest BCUT2D eigenvalue weighted by molar-refractivity contribution is -0.0117. The van der Waals surface area contributed by atoms with Crippen LogP contribution in [0, 0.1) is 0 Å². The molecular formula is C19H19BrN4O. The topological polar surface area (TPSA) is 73.8 Å². The number of nitrogens with one attached hydrogen (secondary N) is 2. The Morgan fingerprint density at radius 2 is 1.92 bits per heavy atom. The van der Waals surface area contributed by atoms with Crippen molar-refractivity contribution in [3.8, 4) is 11.3 Å². The zero-order valence-corrected chi connectivity index (χ0v) is 15.3. The molecule has 3 aromatic rings. The molecule has 0 aliphatic carbocycles. The number of halogens is 1. The summed E-state index contributed by atoms with van der Waals surface area (Å²) >= 11 is 3.57. The van der Waals surface area contributed by atoms with Gasteiger partial charge in [-0.1, -0.05) is 6.07 Å². The van der Waals surface area contributed by atoms with E-state index in [1.54, 1.807) is 6.20 Å². The molecule has 2 aliphatic heterocycles. The minimum atomic E-state index is -0.759. The summed E-state index contributed by atoms with van der Waals surface area (Å²) in [6.45, 7) is 0. The maximum absolute atomic E-state index is 11.2. The molecule has 2 saturated heterocycles. The van der Waals surface area contributed by atoms with E-state index in [4.69, 9.17) is 0 Å². The van der Waals surface area contributed by atoms with Crippen LogP contribution >= 0.6 is 15.9 Å². The SMILES string of the molecule is OC1(c2ccc(-c3ccnc4[nH]cc(Br)c34)nc2)CC2CC[C@@H](C1)N2. The van der Waals surface area contributed by atoms with Gasteiger partial charge in [-0.3, -0.25) is 4.98 Å². The van der Waals surface area contributed by atoms with Crippen molar-refractivity contribution in [2.45, 2.75) is 43.4 Å². The van der Waals surface area contributed by atoms with E-state index in [0.717, 1.165) is 58.0 Å². The quantitative estimate of drug-likeness (QED) is 0.617. The van der Waals surface area contributed by atoms with Gasteiger partial charge in [-0.15, -0.1) is 0 Å². The van der Waals surface area contributed by atoms with E-state index in [9.17, 15) is 5.11 Å². The van der Waals surface area contributed by atoms with Crippen LogP contribution < -0.4 is 5.32 Å². The van der Waals surface area contributed by atoms with Crippen LogP contribution in [0.1, 0.15) is 31.2 Å². The molecule has 2 unspecified atom stereocenters. The second-order valence-corrected chi connectivity index (χ2v) is 8.08. The Kier molecular flexibility index (Phi) is 3.48. The monoisotopic (exact) mass is 398 g/mol. The third-order valence-corrected chi connectivity index (χ3v) is 6.23. The number of pyridine rings is 2. The highest BCUT2D eigenvalue weighted by molar-refractivity contribution is 9.10. The van der Waals surface area contributed by atoms with Crippen molar-refractivity contribution < 1.29 is 5.11 Å². The second kappa shape index (κ2) is 5.62. The largest absolute Gasteiger partial charge is 0.385 e. The van der Waals surface area contributed by atoms with Crippen molar-refractivity contribution in [2.75, 3.05) is 0 Å². The number of rotatable bonds is 2. The molecule has 0 saturated carbocycles. The normalized spacial score (nSPS) is 28.6. The lowest BCUT2D eigenvalue weighted by Gasteiger charge is -2.37. The van der Waals surface area contributed by atoms with Gasteiger partial charge in [0.15, 0.2) is 0 Å². The zero-order valence-electron chi connectivity index (χ0n) is 13.7. The highest BCUT2D eigenvalue weighted by Gasteiger charge is 2.43. The summed E-state index contributed by atoms with van der Waals surface area (Å²) in [5.74, 6) is 0. The molecule has 25 heavy (non-hydrogen) atoms. The molecule has 3 N–H and O–H groups in total. The molecule has 3 atom stereocenters. The number of aliphatic hydroxyl groups is 1. The van der Waals surface area contributed by atoms with E-state index in [-0.39, 0.29) is 0 Å². The summed E-state index contributed by atoms with van der Waals surface area (Å²) in [5, 5.41) is 15.8. The van der Waals surface area contributed by atoms with Gasteiger partial charge in [0.2, 0.25) is 0 Å². The van der Waals surface area contributed by atoms with E-state index < -0.39 is 5.60 Å². The summed E-state index contributed by atoms with van der Waals surface area (Å²) < 4.78 is 0.977. The molecule has 5 nitrogen and oxygen atoms in total. The average molecular weight is 399 g/mol. The van der Waals surface area contributed by atoms with E-state index in [0.29, 0.717) is 12.1 Å². The van der Waals surface area contributed by atoms with E-state index in [1.807, 2.05) is 30.6 Å². The first-order valence-corrected chi connectivity index (χ1v) is 9.49. The number of aromatic nitrogens is 3. The van der Waals surface area contributed by atoms with Gasteiger partial charge >= 0.3 is 0 Å². The van der Waals surface area contributed by atoms with Crippen LogP contribution in [0.25, 0.3) is 22.3 Å². The number of piperidine rings is 1. The summed E-state index contributed by atoms with van der Waals surface area (Å²) in [5.41, 5.74) is 2.92. The molecule has 0 spiro atoms. The number of hydrogen-bond donors (Lipinski definition) is 3. The number of fused-ring (bicyclic) bond motifs is 3. The molecule has 5 rings (SSSR count). The molecular weight excluding hydrogens is 380 g/mol. The zero-order chi connectivity index (χ0) is 17.0. The standard InChI is InChI=1S/C19H19BrN4O/c20-15-10-23-18-17(15)14(5-6-21-18)16-4-1-11(9-22-16)19(25)7-12-2-3-13(8-19)24-12/h1,4-6,9-10,12-13,24-25H,2-3,7-8H2,(H,21,23)/t12-,13?,19?/m0/s1. The van der Waals surface area contributed by atoms with E-state index in [1.165, 1.54) is 0 Å². The van der Waals surface area contributed by atoms with Gasteiger partial charge in [0.25, 0.3) is 0 Å². The molecule has 0 radical (unpaired) electrons. The van der Waals surface area contributed by atoms with Crippen molar-refractivity contribution in [1.29, 1.82) is 0 Å².